The van der Waals surface area contributed by atoms with Crippen LogP contribution in [0.2, 0.25) is 5.02 Å². The van der Waals surface area contributed by atoms with E-state index < -0.39 is 0 Å². The van der Waals surface area contributed by atoms with Gasteiger partial charge in [0.1, 0.15) is 0 Å². The Kier molecular flexibility index (Phi) is 5.34. The molecule has 0 radical (unpaired) electrons. The average molecular weight is 295 g/mol. The molecule has 2 nitrogen and oxygen atoms in total. The summed E-state index contributed by atoms with van der Waals surface area (Å²) in [5.41, 5.74) is 2.48. The molecule has 2 unspecified atom stereocenters. The second kappa shape index (κ2) is 6.82. The van der Waals surface area contributed by atoms with Crippen LogP contribution < -0.4 is 10.2 Å². The molecular formula is C17H27ClN2. The van der Waals surface area contributed by atoms with E-state index in [-0.39, 0.29) is 0 Å². The van der Waals surface area contributed by atoms with E-state index in [1.54, 1.807) is 0 Å². The lowest BCUT2D eigenvalue weighted by atomic mass is 9.96. The maximum atomic E-state index is 6.46. The number of hydrogen-bond acceptors (Lipinski definition) is 2. The molecule has 1 aliphatic heterocycles. The van der Waals surface area contributed by atoms with E-state index in [2.05, 4.69) is 50.0 Å². The Hall–Kier alpha value is -0.730. The molecule has 1 aromatic carbocycles. The third-order valence-electron chi connectivity index (χ3n) is 4.25. The van der Waals surface area contributed by atoms with Gasteiger partial charge < -0.3 is 10.2 Å². The molecule has 112 valence electrons. The van der Waals surface area contributed by atoms with Crippen LogP contribution in [0.4, 0.5) is 5.69 Å². The van der Waals surface area contributed by atoms with E-state index in [4.69, 9.17) is 11.6 Å². The van der Waals surface area contributed by atoms with Crippen LogP contribution in [0.3, 0.4) is 0 Å². The number of nitrogens with zero attached hydrogens (tertiary/aromatic N) is 1. The van der Waals surface area contributed by atoms with Crippen molar-refractivity contribution in [2.75, 3.05) is 18.0 Å². The maximum absolute atomic E-state index is 6.46. The first kappa shape index (κ1) is 15.7. The van der Waals surface area contributed by atoms with Crippen molar-refractivity contribution in [3.05, 3.63) is 28.8 Å². The van der Waals surface area contributed by atoms with Crippen molar-refractivity contribution in [2.45, 2.75) is 52.6 Å². The van der Waals surface area contributed by atoms with E-state index in [1.807, 2.05) is 6.07 Å². The fourth-order valence-electron chi connectivity index (χ4n) is 3.09. The van der Waals surface area contributed by atoms with Crippen LogP contribution in [0.25, 0.3) is 0 Å². The molecule has 2 rings (SSSR count). The van der Waals surface area contributed by atoms with E-state index in [1.165, 1.54) is 24.1 Å². The standard InChI is InChI=1S/C17H27ClN2/c1-5-6-14-11-20(17(10-19-14)12(2)3)16-9-13(4)7-8-15(16)18/h7-9,12,14,17,19H,5-6,10-11H2,1-4H3. The Morgan fingerprint density at radius 2 is 2.15 bits per heavy atom. The van der Waals surface area contributed by atoms with Gasteiger partial charge in [0.05, 0.1) is 10.7 Å². The quantitative estimate of drug-likeness (QED) is 0.893. The third-order valence-corrected chi connectivity index (χ3v) is 4.57. The molecule has 20 heavy (non-hydrogen) atoms. The molecule has 1 N–H and O–H groups in total. The van der Waals surface area contributed by atoms with Crippen molar-refractivity contribution in [1.29, 1.82) is 0 Å². The van der Waals surface area contributed by atoms with Crippen LogP contribution in [0, 0.1) is 12.8 Å². The molecule has 0 aliphatic carbocycles. The number of nitrogens with one attached hydrogen (secondary N) is 1. The van der Waals surface area contributed by atoms with Gasteiger partial charge in [0.15, 0.2) is 0 Å². The zero-order valence-corrected chi connectivity index (χ0v) is 13.9. The van der Waals surface area contributed by atoms with E-state index in [9.17, 15) is 0 Å². The smallest absolute Gasteiger partial charge is 0.0639 e. The number of piperazine rings is 1. The molecule has 1 fully saturated rings. The van der Waals surface area contributed by atoms with Crippen LogP contribution in [0.1, 0.15) is 39.2 Å². The number of hydrogen-bond donors (Lipinski definition) is 1. The van der Waals surface area contributed by atoms with Crippen molar-refractivity contribution in [2.24, 2.45) is 5.92 Å². The summed E-state index contributed by atoms with van der Waals surface area (Å²) in [6, 6.07) is 7.43. The summed E-state index contributed by atoms with van der Waals surface area (Å²) in [6.07, 6.45) is 2.45. The van der Waals surface area contributed by atoms with Crippen LogP contribution in [0.5, 0.6) is 0 Å². The molecule has 1 aromatic rings. The number of halogens is 1. The zero-order valence-electron chi connectivity index (χ0n) is 13.1. The fourth-order valence-corrected chi connectivity index (χ4v) is 3.32. The first-order valence-corrected chi connectivity index (χ1v) is 8.17. The van der Waals surface area contributed by atoms with Crippen LogP contribution in [0.15, 0.2) is 18.2 Å². The summed E-state index contributed by atoms with van der Waals surface area (Å²) in [7, 11) is 0. The first-order chi connectivity index (χ1) is 9.52. The van der Waals surface area contributed by atoms with Gasteiger partial charge in [-0.05, 0) is 37.0 Å². The Bertz CT molecular complexity index is 445. The number of anilines is 1. The Balaban J connectivity index is 2.28. The number of rotatable bonds is 4. The largest absolute Gasteiger partial charge is 0.364 e. The molecule has 0 amide bonds. The zero-order chi connectivity index (χ0) is 14.7. The Labute approximate surface area is 128 Å². The van der Waals surface area contributed by atoms with Gasteiger partial charge in [0, 0.05) is 25.2 Å². The van der Waals surface area contributed by atoms with Gasteiger partial charge in [-0.25, -0.2) is 0 Å². The van der Waals surface area contributed by atoms with E-state index in [0.717, 1.165) is 18.1 Å². The minimum absolute atomic E-state index is 0.516. The monoisotopic (exact) mass is 294 g/mol. The maximum Gasteiger partial charge on any atom is 0.0639 e. The minimum atomic E-state index is 0.516. The summed E-state index contributed by atoms with van der Waals surface area (Å²) < 4.78 is 0. The Morgan fingerprint density at radius 3 is 2.80 bits per heavy atom. The molecule has 0 saturated carbocycles. The highest BCUT2D eigenvalue weighted by Crippen LogP contribution is 2.32. The highest BCUT2D eigenvalue weighted by atomic mass is 35.5. The number of benzene rings is 1. The average Bonchev–Trinajstić information content (AvgIpc) is 2.41. The van der Waals surface area contributed by atoms with Crippen molar-refractivity contribution in [3.8, 4) is 0 Å². The van der Waals surface area contributed by atoms with E-state index >= 15 is 0 Å². The van der Waals surface area contributed by atoms with Gasteiger partial charge in [0.25, 0.3) is 0 Å². The molecule has 0 bridgehead atoms. The van der Waals surface area contributed by atoms with Crippen molar-refractivity contribution in [1.82, 2.24) is 5.32 Å². The highest BCUT2D eigenvalue weighted by molar-refractivity contribution is 6.33. The van der Waals surface area contributed by atoms with Crippen LogP contribution in [-0.2, 0) is 0 Å². The van der Waals surface area contributed by atoms with Crippen LogP contribution in [-0.4, -0.2) is 25.2 Å². The van der Waals surface area contributed by atoms with Crippen molar-refractivity contribution in [3.63, 3.8) is 0 Å². The molecular weight excluding hydrogens is 268 g/mol. The topological polar surface area (TPSA) is 15.3 Å². The van der Waals surface area contributed by atoms with Gasteiger partial charge >= 0.3 is 0 Å². The summed E-state index contributed by atoms with van der Waals surface area (Å²) in [4.78, 5) is 2.52. The van der Waals surface area contributed by atoms with Crippen molar-refractivity contribution >= 4 is 17.3 Å². The second-order valence-electron chi connectivity index (χ2n) is 6.31. The first-order valence-electron chi connectivity index (χ1n) is 7.79. The predicted octanol–water partition coefficient (Wildman–Crippen LogP) is 4.25. The summed E-state index contributed by atoms with van der Waals surface area (Å²) >= 11 is 6.46. The molecule has 1 saturated heterocycles. The molecule has 3 heteroatoms. The minimum Gasteiger partial charge on any atom is -0.364 e. The SMILES string of the molecule is CCCC1CN(c2cc(C)ccc2Cl)C(C(C)C)CN1. The summed E-state index contributed by atoms with van der Waals surface area (Å²) in [5.74, 6) is 0.613. The van der Waals surface area contributed by atoms with E-state index in [0.29, 0.717) is 18.0 Å². The van der Waals surface area contributed by atoms with Gasteiger partial charge in [-0.1, -0.05) is 44.9 Å². The molecule has 1 aliphatic rings. The number of aryl methyl sites for hydroxylation is 1. The normalized spacial score (nSPS) is 23.4. The third kappa shape index (κ3) is 3.48. The highest BCUT2D eigenvalue weighted by Gasteiger charge is 2.30. The lowest BCUT2D eigenvalue weighted by Crippen LogP contribution is -2.58. The lowest BCUT2D eigenvalue weighted by molar-refractivity contribution is 0.327. The summed E-state index contributed by atoms with van der Waals surface area (Å²) in [5, 5.41) is 4.57. The lowest BCUT2D eigenvalue weighted by Gasteiger charge is -2.44. The van der Waals surface area contributed by atoms with Crippen molar-refractivity contribution < 1.29 is 0 Å². The predicted molar refractivity (Wildman–Crippen MR) is 88.9 cm³/mol. The van der Waals surface area contributed by atoms with Gasteiger partial charge in [-0.15, -0.1) is 0 Å². The fraction of sp³-hybridized carbons (Fsp3) is 0.647. The summed E-state index contributed by atoms with van der Waals surface area (Å²) in [6.45, 7) is 11.1. The Morgan fingerprint density at radius 1 is 1.40 bits per heavy atom. The molecule has 0 aromatic heterocycles. The molecule has 0 spiro atoms. The van der Waals surface area contributed by atoms with Gasteiger partial charge in [0.2, 0.25) is 0 Å². The second-order valence-corrected chi connectivity index (χ2v) is 6.72. The molecule has 2 atom stereocenters. The molecule has 1 heterocycles. The van der Waals surface area contributed by atoms with Gasteiger partial charge in [-0.2, -0.15) is 0 Å². The van der Waals surface area contributed by atoms with Gasteiger partial charge in [-0.3, -0.25) is 0 Å². The van der Waals surface area contributed by atoms with Crippen LogP contribution >= 0.6 is 11.6 Å².